The molecule has 0 aromatic heterocycles. The fourth-order valence-corrected chi connectivity index (χ4v) is 3.51. The summed E-state index contributed by atoms with van der Waals surface area (Å²) in [5.74, 6) is 5.80. The smallest absolute Gasteiger partial charge is 0.0353 e. The van der Waals surface area contributed by atoms with Gasteiger partial charge in [-0.05, 0) is 54.0 Å². The van der Waals surface area contributed by atoms with Gasteiger partial charge in [-0.3, -0.25) is 0 Å². The van der Waals surface area contributed by atoms with Gasteiger partial charge in [0.05, 0.1) is 0 Å². The Morgan fingerprint density at radius 3 is 1.56 bits per heavy atom. The van der Waals surface area contributed by atoms with Crippen LogP contribution in [0.3, 0.4) is 0 Å². The van der Waals surface area contributed by atoms with Crippen molar-refractivity contribution in [3.8, 4) is 0 Å². The molecule has 1 heteroatoms. The molecule has 0 aliphatic heterocycles. The fraction of sp³-hybridized carbons (Fsp3) is 1.00. The van der Waals surface area contributed by atoms with Gasteiger partial charge in [0.25, 0.3) is 0 Å². The molecule has 0 aromatic rings. The molecule has 0 heterocycles. The van der Waals surface area contributed by atoms with Crippen LogP contribution in [0.1, 0.15) is 61.8 Å². The van der Waals surface area contributed by atoms with Gasteiger partial charge >= 0.3 is 0 Å². The zero-order valence-corrected chi connectivity index (χ0v) is 15.2. The normalized spacial score (nSPS) is 20.8. The molecule has 0 nitrogen and oxygen atoms in total. The van der Waals surface area contributed by atoms with Gasteiger partial charge in [0, 0.05) is 0 Å². The van der Waals surface area contributed by atoms with Crippen LogP contribution >= 0.6 is 9.24 Å². The van der Waals surface area contributed by atoms with Crippen molar-refractivity contribution in [2.24, 2.45) is 41.4 Å². The van der Waals surface area contributed by atoms with E-state index in [1.54, 1.807) is 0 Å². The molecular formula is C17H37P. The highest BCUT2D eigenvalue weighted by atomic mass is 31.0. The first-order valence-electron chi connectivity index (χ1n) is 7.92. The van der Waals surface area contributed by atoms with Crippen LogP contribution in [-0.4, -0.2) is 6.16 Å². The molecule has 6 atom stereocenters. The minimum atomic E-state index is 0.799. The Hall–Kier alpha value is 0.430. The van der Waals surface area contributed by atoms with Crippen LogP contribution < -0.4 is 0 Å². The maximum Gasteiger partial charge on any atom is -0.0353 e. The quantitative estimate of drug-likeness (QED) is 0.495. The molecule has 110 valence electrons. The zero-order chi connectivity index (χ0) is 14.5. The Morgan fingerprint density at radius 2 is 1.22 bits per heavy atom. The lowest BCUT2D eigenvalue weighted by atomic mass is 9.69. The van der Waals surface area contributed by atoms with Crippen molar-refractivity contribution in [3.63, 3.8) is 0 Å². The van der Waals surface area contributed by atoms with E-state index in [1.807, 2.05) is 0 Å². The van der Waals surface area contributed by atoms with E-state index in [4.69, 9.17) is 0 Å². The van der Waals surface area contributed by atoms with Crippen LogP contribution in [0.25, 0.3) is 0 Å². The minimum Gasteiger partial charge on any atom is -0.137 e. The molecule has 0 saturated carbocycles. The van der Waals surface area contributed by atoms with Gasteiger partial charge < -0.3 is 0 Å². The van der Waals surface area contributed by atoms with Crippen LogP contribution in [0.4, 0.5) is 0 Å². The second-order valence-corrected chi connectivity index (χ2v) is 7.80. The molecule has 0 amide bonds. The average Bonchev–Trinajstić information content (AvgIpc) is 2.31. The van der Waals surface area contributed by atoms with E-state index in [9.17, 15) is 0 Å². The van der Waals surface area contributed by atoms with Crippen molar-refractivity contribution in [2.45, 2.75) is 61.8 Å². The lowest BCUT2D eigenvalue weighted by Gasteiger charge is -2.38. The molecule has 0 radical (unpaired) electrons. The Bertz CT molecular complexity index is 210. The summed E-state index contributed by atoms with van der Waals surface area (Å²) < 4.78 is 0. The third-order valence-corrected chi connectivity index (χ3v) is 5.98. The van der Waals surface area contributed by atoms with Crippen molar-refractivity contribution >= 4 is 9.24 Å². The Balaban J connectivity index is 4.77. The summed E-state index contributed by atoms with van der Waals surface area (Å²) in [5, 5.41) is 0. The number of hydrogen-bond donors (Lipinski definition) is 0. The van der Waals surface area contributed by atoms with E-state index in [0.717, 1.165) is 41.4 Å². The lowest BCUT2D eigenvalue weighted by Crippen LogP contribution is -2.31. The molecule has 0 rings (SSSR count). The highest BCUT2D eigenvalue weighted by Gasteiger charge is 2.30. The lowest BCUT2D eigenvalue weighted by molar-refractivity contribution is 0.124. The average molecular weight is 272 g/mol. The number of rotatable bonds is 8. The Kier molecular flexibility index (Phi) is 8.78. The molecule has 0 aliphatic carbocycles. The van der Waals surface area contributed by atoms with E-state index >= 15 is 0 Å². The van der Waals surface area contributed by atoms with Gasteiger partial charge in [-0.1, -0.05) is 55.4 Å². The highest BCUT2D eigenvalue weighted by molar-refractivity contribution is 7.16. The molecule has 0 spiro atoms. The first kappa shape index (κ1) is 18.4. The first-order chi connectivity index (χ1) is 8.22. The summed E-state index contributed by atoms with van der Waals surface area (Å²) in [5.41, 5.74) is 0. The Labute approximate surface area is 119 Å². The first-order valence-corrected chi connectivity index (χ1v) is 8.73. The molecule has 6 unspecified atom stereocenters. The van der Waals surface area contributed by atoms with Crippen molar-refractivity contribution < 1.29 is 0 Å². The van der Waals surface area contributed by atoms with Crippen LogP contribution in [0, 0.1) is 41.4 Å². The second kappa shape index (κ2) is 8.57. The topological polar surface area (TPSA) is 0 Å². The van der Waals surface area contributed by atoms with Crippen LogP contribution in [0.2, 0.25) is 0 Å². The monoisotopic (exact) mass is 272 g/mol. The zero-order valence-electron chi connectivity index (χ0n) is 14.0. The molecule has 0 fully saturated rings. The van der Waals surface area contributed by atoms with Crippen molar-refractivity contribution in [1.82, 2.24) is 0 Å². The predicted molar refractivity (Wildman–Crippen MR) is 89.0 cm³/mol. The summed E-state index contributed by atoms with van der Waals surface area (Å²) in [6.07, 6.45) is 2.62. The third kappa shape index (κ3) is 5.60. The largest absolute Gasteiger partial charge is 0.137 e. The molecule has 0 aliphatic rings. The van der Waals surface area contributed by atoms with Gasteiger partial charge in [-0.2, -0.15) is 0 Å². The minimum absolute atomic E-state index is 0.799. The number of hydrogen-bond acceptors (Lipinski definition) is 0. The summed E-state index contributed by atoms with van der Waals surface area (Å²) in [7, 11) is 2.94. The molecule has 18 heavy (non-hydrogen) atoms. The van der Waals surface area contributed by atoms with Crippen molar-refractivity contribution in [2.75, 3.05) is 6.16 Å². The molecular weight excluding hydrogens is 235 g/mol. The second-order valence-electron chi connectivity index (χ2n) is 7.33. The van der Waals surface area contributed by atoms with E-state index in [1.165, 1.54) is 12.6 Å². The van der Waals surface area contributed by atoms with E-state index in [2.05, 4.69) is 64.6 Å². The maximum absolute atomic E-state index is 2.94. The van der Waals surface area contributed by atoms with Gasteiger partial charge in [-0.15, -0.1) is 9.24 Å². The Morgan fingerprint density at radius 1 is 0.722 bits per heavy atom. The van der Waals surface area contributed by atoms with E-state index in [0.29, 0.717) is 0 Å². The van der Waals surface area contributed by atoms with Gasteiger partial charge in [0.2, 0.25) is 0 Å². The third-order valence-electron chi connectivity index (χ3n) is 5.23. The van der Waals surface area contributed by atoms with Crippen LogP contribution in [0.15, 0.2) is 0 Å². The van der Waals surface area contributed by atoms with E-state index < -0.39 is 0 Å². The van der Waals surface area contributed by atoms with Crippen molar-refractivity contribution in [1.29, 1.82) is 0 Å². The standard InChI is InChI=1S/C17H37P/c1-11(2)9-17(13(5)10-18)16(8)15(7)14(6)12(3)4/h11-17H,9-10,18H2,1-8H3. The van der Waals surface area contributed by atoms with Crippen LogP contribution in [0.5, 0.6) is 0 Å². The van der Waals surface area contributed by atoms with Crippen LogP contribution in [-0.2, 0) is 0 Å². The summed E-state index contributed by atoms with van der Waals surface area (Å²) >= 11 is 0. The van der Waals surface area contributed by atoms with Crippen molar-refractivity contribution in [3.05, 3.63) is 0 Å². The molecule has 0 aromatic carbocycles. The van der Waals surface area contributed by atoms with Gasteiger partial charge in [0.1, 0.15) is 0 Å². The highest BCUT2D eigenvalue weighted by Crippen LogP contribution is 2.38. The van der Waals surface area contributed by atoms with Gasteiger partial charge in [-0.25, -0.2) is 0 Å². The predicted octanol–water partition coefficient (Wildman–Crippen LogP) is 5.72. The molecule has 0 saturated heterocycles. The maximum atomic E-state index is 2.94. The summed E-state index contributed by atoms with van der Waals surface area (Å²) in [4.78, 5) is 0. The van der Waals surface area contributed by atoms with Gasteiger partial charge in [0.15, 0.2) is 0 Å². The SMILES string of the molecule is CC(C)CC(C(C)CP)C(C)C(C)C(C)C(C)C. The summed E-state index contributed by atoms with van der Waals surface area (Å²) in [6, 6.07) is 0. The fourth-order valence-electron chi connectivity index (χ4n) is 3.16. The molecule has 0 N–H and O–H groups in total. The molecule has 0 bridgehead atoms. The van der Waals surface area contributed by atoms with E-state index in [-0.39, 0.29) is 0 Å². The summed E-state index contributed by atoms with van der Waals surface area (Å²) in [6.45, 7) is 19.3.